The number of hydrogen-bond donors (Lipinski definition) is 2. The Morgan fingerprint density at radius 3 is 2.22 bits per heavy atom. The lowest BCUT2D eigenvalue weighted by Crippen LogP contribution is -2.25. The number of carbonyl (C=O) groups excluding carboxylic acids is 1. The first-order chi connectivity index (χ1) is 12.7. The number of amides is 1. The Morgan fingerprint density at radius 2 is 1.70 bits per heavy atom. The molecular weight excluding hydrogens is 382 g/mol. The first-order valence-corrected chi connectivity index (χ1v) is 9.26. The van der Waals surface area contributed by atoms with E-state index in [1.54, 1.807) is 0 Å². The number of benzene rings is 2. The number of nitrogens with one attached hydrogen (secondary N) is 1. The van der Waals surface area contributed by atoms with E-state index in [-0.39, 0.29) is 29.5 Å². The number of hydrogen-bond acceptors (Lipinski definition) is 4. The molecule has 2 N–H and O–H groups in total. The number of sulfonamides is 1. The van der Waals surface area contributed by atoms with Crippen molar-refractivity contribution in [1.82, 2.24) is 0 Å². The molecule has 0 aliphatic carbocycles. The van der Waals surface area contributed by atoms with Crippen LogP contribution in [0.25, 0.3) is 0 Å². The molecule has 1 fully saturated rings. The molecule has 1 saturated heterocycles. The van der Waals surface area contributed by atoms with Gasteiger partial charge in [-0.05, 0) is 36.4 Å². The third-order valence-electron chi connectivity index (χ3n) is 4.05. The van der Waals surface area contributed by atoms with Crippen molar-refractivity contribution in [3.05, 3.63) is 54.1 Å². The van der Waals surface area contributed by atoms with Crippen molar-refractivity contribution in [2.24, 2.45) is 5.92 Å². The van der Waals surface area contributed by atoms with Crippen molar-refractivity contribution in [3.8, 4) is 0 Å². The number of carboxylic acids is 1. The van der Waals surface area contributed by atoms with Crippen LogP contribution in [-0.2, 0) is 19.6 Å². The summed E-state index contributed by atoms with van der Waals surface area (Å²) >= 11 is 0. The normalized spacial score (nSPS) is 17.2. The molecule has 2 aromatic carbocycles. The van der Waals surface area contributed by atoms with Crippen LogP contribution in [0, 0.1) is 17.6 Å². The Labute approximate surface area is 153 Å². The molecule has 7 nitrogen and oxygen atoms in total. The number of carbonyl (C=O) groups is 2. The zero-order valence-electron chi connectivity index (χ0n) is 13.7. The highest BCUT2D eigenvalue weighted by Gasteiger charge is 2.35. The first-order valence-electron chi connectivity index (χ1n) is 7.78. The lowest BCUT2D eigenvalue weighted by Gasteiger charge is -2.16. The molecule has 1 aliphatic heterocycles. The molecule has 0 spiro atoms. The number of anilines is 2. The van der Waals surface area contributed by atoms with Gasteiger partial charge in [0.05, 0.1) is 16.5 Å². The molecule has 10 heteroatoms. The molecule has 2 aromatic rings. The Kier molecular flexibility index (Phi) is 4.83. The Hall–Kier alpha value is -3.01. The van der Waals surface area contributed by atoms with Crippen LogP contribution in [0.2, 0.25) is 0 Å². The minimum atomic E-state index is -4.11. The van der Waals surface area contributed by atoms with E-state index >= 15 is 0 Å². The average Bonchev–Trinajstić information content (AvgIpc) is 2.96. The molecule has 1 heterocycles. The minimum absolute atomic E-state index is 0.00107. The summed E-state index contributed by atoms with van der Waals surface area (Å²) in [5, 5.41) is 9.01. The lowest BCUT2D eigenvalue weighted by molar-refractivity contribution is -0.141. The van der Waals surface area contributed by atoms with E-state index in [2.05, 4.69) is 4.72 Å². The molecule has 1 atom stereocenters. The van der Waals surface area contributed by atoms with E-state index in [4.69, 9.17) is 5.11 Å². The average molecular weight is 396 g/mol. The summed E-state index contributed by atoms with van der Waals surface area (Å²) in [7, 11) is -4.11. The van der Waals surface area contributed by atoms with E-state index in [1.807, 2.05) is 0 Å². The first kappa shape index (κ1) is 18.8. The van der Waals surface area contributed by atoms with Crippen molar-refractivity contribution >= 4 is 33.3 Å². The Bertz CT molecular complexity index is 988. The summed E-state index contributed by atoms with van der Waals surface area (Å²) in [6.07, 6.45) is -0.123. The van der Waals surface area contributed by atoms with Gasteiger partial charge in [0.2, 0.25) is 5.91 Å². The maximum atomic E-state index is 13.2. The fourth-order valence-electron chi connectivity index (χ4n) is 2.75. The number of rotatable bonds is 5. The lowest BCUT2D eigenvalue weighted by atomic mass is 10.1. The number of aliphatic carboxylic acids is 1. The van der Waals surface area contributed by atoms with E-state index in [9.17, 15) is 26.8 Å². The van der Waals surface area contributed by atoms with Crippen molar-refractivity contribution in [2.75, 3.05) is 16.2 Å². The van der Waals surface area contributed by atoms with Crippen LogP contribution in [0.4, 0.5) is 20.2 Å². The van der Waals surface area contributed by atoms with Gasteiger partial charge < -0.3 is 10.0 Å². The summed E-state index contributed by atoms with van der Waals surface area (Å²) in [6.45, 7) is 0.00107. The molecule has 1 amide bonds. The quantitative estimate of drug-likeness (QED) is 0.807. The van der Waals surface area contributed by atoms with Gasteiger partial charge in [-0.15, -0.1) is 0 Å². The smallest absolute Gasteiger partial charge is 0.308 e. The van der Waals surface area contributed by atoms with Crippen LogP contribution in [0.15, 0.2) is 47.4 Å². The van der Waals surface area contributed by atoms with E-state index in [0.29, 0.717) is 11.8 Å². The highest BCUT2D eigenvalue weighted by Crippen LogP contribution is 2.27. The predicted octanol–water partition coefficient (Wildman–Crippen LogP) is 2.20. The van der Waals surface area contributed by atoms with Crippen LogP contribution in [0.3, 0.4) is 0 Å². The van der Waals surface area contributed by atoms with Gasteiger partial charge in [-0.3, -0.25) is 14.3 Å². The molecule has 27 heavy (non-hydrogen) atoms. The van der Waals surface area contributed by atoms with Crippen molar-refractivity contribution in [2.45, 2.75) is 11.3 Å². The fraction of sp³-hybridized carbons (Fsp3) is 0.176. The maximum absolute atomic E-state index is 13.2. The van der Waals surface area contributed by atoms with E-state index in [0.717, 1.165) is 12.1 Å². The Balaban J connectivity index is 1.80. The molecule has 0 radical (unpaired) electrons. The molecule has 0 unspecified atom stereocenters. The molecule has 0 bridgehead atoms. The third kappa shape index (κ3) is 4.05. The summed E-state index contributed by atoms with van der Waals surface area (Å²) < 4.78 is 53.2. The van der Waals surface area contributed by atoms with E-state index < -0.39 is 33.5 Å². The summed E-state index contributed by atoms with van der Waals surface area (Å²) in [5.74, 6) is -4.11. The largest absolute Gasteiger partial charge is 0.481 e. The van der Waals surface area contributed by atoms with Gasteiger partial charge in [0.25, 0.3) is 10.0 Å². The van der Waals surface area contributed by atoms with Crippen molar-refractivity contribution < 1.29 is 31.9 Å². The second-order valence-electron chi connectivity index (χ2n) is 6.00. The monoisotopic (exact) mass is 396 g/mol. The third-order valence-corrected chi connectivity index (χ3v) is 5.44. The molecular formula is C17H14F2N2O5S. The molecule has 3 rings (SSSR count). The minimum Gasteiger partial charge on any atom is -0.481 e. The summed E-state index contributed by atoms with van der Waals surface area (Å²) in [5.41, 5.74) is 0.0927. The SMILES string of the molecule is O=C(O)[C@H]1CC(=O)N(c2ccc(S(=O)(=O)Nc3cc(F)cc(F)c3)cc2)C1. The van der Waals surface area contributed by atoms with Gasteiger partial charge in [-0.25, -0.2) is 17.2 Å². The van der Waals surface area contributed by atoms with Crippen LogP contribution in [0.1, 0.15) is 6.42 Å². The molecule has 142 valence electrons. The van der Waals surface area contributed by atoms with Gasteiger partial charge >= 0.3 is 5.97 Å². The van der Waals surface area contributed by atoms with Crippen LogP contribution >= 0.6 is 0 Å². The van der Waals surface area contributed by atoms with Crippen LogP contribution < -0.4 is 9.62 Å². The highest BCUT2D eigenvalue weighted by atomic mass is 32.2. The van der Waals surface area contributed by atoms with Gasteiger partial charge in [0.15, 0.2) is 0 Å². The van der Waals surface area contributed by atoms with Crippen LogP contribution in [-0.4, -0.2) is 31.9 Å². The fourth-order valence-corrected chi connectivity index (χ4v) is 3.79. The van der Waals surface area contributed by atoms with Gasteiger partial charge in [0, 0.05) is 24.7 Å². The van der Waals surface area contributed by atoms with Gasteiger partial charge in [-0.2, -0.15) is 0 Å². The van der Waals surface area contributed by atoms with Crippen LogP contribution in [0.5, 0.6) is 0 Å². The zero-order valence-corrected chi connectivity index (χ0v) is 14.5. The van der Waals surface area contributed by atoms with E-state index in [1.165, 1.54) is 29.2 Å². The van der Waals surface area contributed by atoms with Gasteiger partial charge in [-0.1, -0.05) is 0 Å². The van der Waals surface area contributed by atoms with Crippen molar-refractivity contribution in [3.63, 3.8) is 0 Å². The standard InChI is InChI=1S/C17H14F2N2O5S/c18-11-6-12(19)8-13(7-11)20-27(25,26)15-3-1-14(2-4-15)21-9-10(17(23)24)5-16(21)22/h1-4,6-8,10,20H,5,9H2,(H,23,24)/t10-/m0/s1. The summed E-state index contributed by atoms with van der Waals surface area (Å²) in [6, 6.07) is 7.45. The maximum Gasteiger partial charge on any atom is 0.308 e. The second-order valence-corrected chi connectivity index (χ2v) is 7.68. The highest BCUT2D eigenvalue weighted by molar-refractivity contribution is 7.92. The van der Waals surface area contributed by atoms with Gasteiger partial charge in [0.1, 0.15) is 11.6 Å². The number of nitrogens with zero attached hydrogens (tertiary/aromatic N) is 1. The van der Waals surface area contributed by atoms with Crippen molar-refractivity contribution in [1.29, 1.82) is 0 Å². The number of carboxylic acid groups (broad SMARTS) is 1. The number of halogens is 2. The zero-order chi connectivity index (χ0) is 19.8. The topological polar surface area (TPSA) is 104 Å². The molecule has 0 saturated carbocycles. The summed E-state index contributed by atoms with van der Waals surface area (Å²) in [4.78, 5) is 24.0. The predicted molar refractivity (Wildman–Crippen MR) is 91.7 cm³/mol. The Morgan fingerprint density at radius 1 is 1.11 bits per heavy atom. The molecule has 0 aromatic heterocycles. The second kappa shape index (κ2) is 6.95. The molecule has 1 aliphatic rings.